The number of halogens is 1. The van der Waals surface area contributed by atoms with Gasteiger partial charge in [-0.05, 0) is 25.0 Å². The van der Waals surface area contributed by atoms with Gasteiger partial charge < -0.3 is 15.1 Å². The largest absolute Gasteiger partial charge is 0.388 e. The maximum atomic E-state index is 12.5. The van der Waals surface area contributed by atoms with Crippen molar-refractivity contribution in [3.8, 4) is 0 Å². The second-order valence-electron chi connectivity index (χ2n) is 5.44. The fourth-order valence-electron chi connectivity index (χ4n) is 2.31. The van der Waals surface area contributed by atoms with Crippen LogP contribution in [-0.2, 0) is 10.0 Å². The lowest BCUT2D eigenvalue weighted by molar-refractivity contribution is 0.0517. The van der Waals surface area contributed by atoms with Crippen LogP contribution in [0.2, 0.25) is 5.02 Å². The van der Waals surface area contributed by atoms with Gasteiger partial charge in [0.15, 0.2) is 0 Å². The summed E-state index contributed by atoms with van der Waals surface area (Å²) in [6.07, 6.45) is 3.39. The van der Waals surface area contributed by atoms with Crippen LogP contribution in [0.1, 0.15) is 12.8 Å². The highest BCUT2D eigenvalue weighted by Crippen LogP contribution is 2.26. The van der Waals surface area contributed by atoms with Gasteiger partial charge in [-0.25, -0.2) is 17.9 Å². The normalized spacial score (nSPS) is 12.4. The molecule has 4 N–H and O–H groups in total. The first kappa shape index (κ1) is 18.5. The number of benzene rings is 1. The van der Waals surface area contributed by atoms with Crippen LogP contribution >= 0.6 is 11.6 Å². The summed E-state index contributed by atoms with van der Waals surface area (Å²) in [5, 5.41) is 10.4. The van der Waals surface area contributed by atoms with Crippen LogP contribution < -0.4 is 10.4 Å². The predicted molar refractivity (Wildman–Crippen MR) is 93.7 cm³/mol. The van der Waals surface area contributed by atoms with Gasteiger partial charge in [-0.1, -0.05) is 23.8 Å². The van der Waals surface area contributed by atoms with Gasteiger partial charge in [0, 0.05) is 6.54 Å². The van der Waals surface area contributed by atoms with E-state index in [0.717, 1.165) is 0 Å². The number of H-pyrrole nitrogens is 2. The number of aromatic nitrogens is 2. The maximum Gasteiger partial charge on any atom is 0.323 e. The molecule has 0 aliphatic rings. The number of aliphatic hydroxyl groups is 1. The van der Waals surface area contributed by atoms with E-state index in [-0.39, 0.29) is 29.3 Å². The van der Waals surface area contributed by atoms with Gasteiger partial charge in [0.2, 0.25) is 10.0 Å². The highest BCUT2D eigenvalue weighted by molar-refractivity contribution is 7.89. The highest BCUT2D eigenvalue weighted by Gasteiger charge is 2.28. The van der Waals surface area contributed by atoms with Crippen LogP contribution in [-0.4, -0.2) is 35.6 Å². The summed E-state index contributed by atoms with van der Waals surface area (Å²) in [5.74, 6) is 0. The molecule has 0 amide bonds. The number of sulfonamides is 1. The molecule has 0 unspecified atom stereocenters. The zero-order valence-electron chi connectivity index (χ0n) is 12.8. The van der Waals surface area contributed by atoms with Crippen molar-refractivity contribution in [3.05, 3.63) is 52.9 Å². The highest BCUT2D eigenvalue weighted by atomic mass is 35.5. The summed E-state index contributed by atoms with van der Waals surface area (Å²) in [4.78, 5) is 16.1. The molecule has 0 saturated carbocycles. The average molecular weight is 372 g/mol. The van der Waals surface area contributed by atoms with Crippen molar-refractivity contribution in [2.75, 3.05) is 6.54 Å². The quantitative estimate of drug-likeness (QED) is 0.528. The Bertz CT molecular complexity index is 920. The Morgan fingerprint density at radius 3 is 2.29 bits per heavy atom. The van der Waals surface area contributed by atoms with Crippen molar-refractivity contribution in [1.29, 1.82) is 0 Å². The summed E-state index contributed by atoms with van der Waals surface area (Å²) >= 11 is 6.02. The number of hydrogen-bond donors (Lipinski definition) is 4. The third-order valence-electron chi connectivity index (χ3n) is 3.50. The van der Waals surface area contributed by atoms with E-state index in [1.165, 1.54) is 24.3 Å². The first-order chi connectivity index (χ1) is 11.2. The summed E-state index contributed by atoms with van der Waals surface area (Å²) < 4.78 is 27.3. The molecule has 0 bridgehead atoms. The Morgan fingerprint density at radius 1 is 1.21 bits per heavy atom. The summed E-state index contributed by atoms with van der Waals surface area (Å²) in [6, 6.07) is 2.61. The van der Waals surface area contributed by atoms with E-state index in [4.69, 9.17) is 11.6 Å². The fourth-order valence-corrected chi connectivity index (χ4v) is 3.99. The summed E-state index contributed by atoms with van der Waals surface area (Å²) in [7, 11) is -3.99. The lowest BCUT2D eigenvalue weighted by Crippen LogP contribution is -2.42. The number of imidazole rings is 1. The Labute approximate surface area is 144 Å². The fraction of sp³-hybridized carbons (Fsp3) is 0.267. The smallest absolute Gasteiger partial charge is 0.323 e. The second kappa shape index (κ2) is 6.94. The monoisotopic (exact) mass is 371 g/mol. The molecule has 0 atom stereocenters. The van der Waals surface area contributed by atoms with Gasteiger partial charge in [0.05, 0.1) is 21.7 Å². The SMILES string of the molecule is C=CCC(O)(CC=C)CNS(=O)(=O)c1cc2[nH]c(=O)[nH]c2cc1Cl. The molecule has 0 fully saturated rings. The van der Waals surface area contributed by atoms with Crippen LogP contribution in [0.4, 0.5) is 0 Å². The minimum Gasteiger partial charge on any atom is -0.388 e. The lowest BCUT2D eigenvalue weighted by Gasteiger charge is -2.25. The van der Waals surface area contributed by atoms with E-state index in [9.17, 15) is 18.3 Å². The molecule has 0 aliphatic heterocycles. The zero-order chi connectivity index (χ0) is 18.0. The Balaban J connectivity index is 2.33. The number of rotatable bonds is 8. The molecule has 0 aliphatic carbocycles. The first-order valence-corrected chi connectivity index (χ1v) is 8.92. The van der Waals surface area contributed by atoms with E-state index in [1.807, 2.05) is 0 Å². The maximum absolute atomic E-state index is 12.5. The van der Waals surface area contributed by atoms with Gasteiger partial charge in [-0.3, -0.25) is 0 Å². The molecule has 0 radical (unpaired) electrons. The third-order valence-corrected chi connectivity index (χ3v) is 5.36. The molecular formula is C15H18ClN3O4S. The van der Waals surface area contributed by atoms with Gasteiger partial charge >= 0.3 is 5.69 Å². The molecular weight excluding hydrogens is 354 g/mol. The molecule has 1 aromatic carbocycles. The van der Waals surface area contributed by atoms with Crippen molar-refractivity contribution >= 4 is 32.7 Å². The molecule has 24 heavy (non-hydrogen) atoms. The van der Waals surface area contributed by atoms with Crippen LogP contribution in [0.5, 0.6) is 0 Å². The van der Waals surface area contributed by atoms with Crippen molar-refractivity contribution < 1.29 is 13.5 Å². The van der Waals surface area contributed by atoms with E-state index in [2.05, 4.69) is 27.8 Å². The van der Waals surface area contributed by atoms with Crippen molar-refractivity contribution in [3.63, 3.8) is 0 Å². The number of fused-ring (bicyclic) bond motifs is 1. The average Bonchev–Trinajstić information content (AvgIpc) is 2.84. The lowest BCUT2D eigenvalue weighted by atomic mass is 9.96. The minimum absolute atomic E-state index is 0.0405. The molecule has 1 heterocycles. The topological polar surface area (TPSA) is 115 Å². The summed E-state index contributed by atoms with van der Waals surface area (Å²) in [6.45, 7) is 6.87. The van der Waals surface area contributed by atoms with Gasteiger partial charge in [0.1, 0.15) is 4.90 Å². The molecule has 1 aromatic heterocycles. The van der Waals surface area contributed by atoms with E-state index in [1.54, 1.807) is 0 Å². The second-order valence-corrected chi connectivity index (χ2v) is 7.58. The van der Waals surface area contributed by atoms with Gasteiger partial charge in [-0.2, -0.15) is 0 Å². The first-order valence-electron chi connectivity index (χ1n) is 7.06. The van der Waals surface area contributed by atoms with Crippen molar-refractivity contribution in [2.45, 2.75) is 23.3 Å². The van der Waals surface area contributed by atoms with E-state index >= 15 is 0 Å². The Morgan fingerprint density at radius 2 is 1.75 bits per heavy atom. The van der Waals surface area contributed by atoms with E-state index in [0.29, 0.717) is 11.0 Å². The third kappa shape index (κ3) is 3.96. The van der Waals surface area contributed by atoms with Crippen molar-refractivity contribution in [1.82, 2.24) is 14.7 Å². The van der Waals surface area contributed by atoms with Gasteiger partial charge in [0.25, 0.3) is 0 Å². The van der Waals surface area contributed by atoms with Gasteiger partial charge in [-0.15, -0.1) is 13.2 Å². The van der Waals surface area contributed by atoms with Crippen LogP contribution in [0.15, 0.2) is 47.1 Å². The number of aromatic amines is 2. The van der Waals surface area contributed by atoms with Crippen LogP contribution in [0.3, 0.4) is 0 Å². The Hall–Kier alpha value is -1.87. The molecule has 2 aromatic rings. The molecule has 130 valence electrons. The Kier molecular flexibility index (Phi) is 5.34. The molecule has 0 saturated heterocycles. The number of nitrogens with one attached hydrogen (secondary N) is 3. The van der Waals surface area contributed by atoms with Crippen LogP contribution in [0, 0.1) is 0 Å². The van der Waals surface area contributed by atoms with Crippen LogP contribution in [0.25, 0.3) is 11.0 Å². The number of hydrogen-bond acceptors (Lipinski definition) is 4. The summed E-state index contributed by atoms with van der Waals surface area (Å²) in [5.41, 5.74) is -1.07. The molecule has 9 heteroatoms. The standard InChI is InChI=1S/C15H18ClN3O4S/c1-3-5-15(21,6-4-2)9-17-24(22,23)13-8-12-11(7-10(13)16)18-14(20)19-12/h3-4,7-8,17,21H,1-2,5-6,9H2,(H2,18,19,20). The van der Waals surface area contributed by atoms with Crippen molar-refractivity contribution in [2.24, 2.45) is 0 Å². The predicted octanol–water partition coefficient (Wildman–Crippen LogP) is 1.67. The molecule has 0 spiro atoms. The van der Waals surface area contributed by atoms with E-state index < -0.39 is 21.3 Å². The zero-order valence-corrected chi connectivity index (χ0v) is 14.4. The minimum atomic E-state index is -3.99. The molecule has 7 nitrogen and oxygen atoms in total. The molecule has 2 rings (SSSR count).